The van der Waals surface area contributed by atoms with Crippen molar-refractivity contribution in [2.24, 2.45) is 15.0 Å². The largest absolute Gasteiger partial charge is 1.00 e. The summed E-state index contributed by atoms with van der Waals surface area (Å²) in [7, 11) is -5.68. The normalized spacial score (nSPS) is 14.5. The minimum absolute atomic E-state index is 0. The van der Waals surface area contributed by atoms with Gasteiger partial charge in [-0.2, -0.15) is 49.8 Å². The van der Waals surface area contributed by atoms with Gasteiger partial charge in [0, 0.05) is 25.0 Å². The third-order valence-corrected chi connectivity index (χ3v) is 7.18. The summed E-state index contributed by atoms with van der Waals surface area (Å²) < 4.78 is 134. The molecule has 4 aliphatic heterocycles. The minimum Gasteiger partial charge on any atom is -0.844 e. The van der Waals surface area contributed by atoms with Gasteiger partial charge in [-0.15, -0.1) is 4.99 Å². The van der Waals surface area contributed by atoms with Crippen molar-refractivity contribution in [1.82, 2.24) is 0 Å². The second-order valence-electron chi connectivity index (χ2n) is 9.81. The second-order valence-corrected chi connectivity index (χ2v) is 11.4. The summed E-state index contributed by atoms with van der Waals surface area (Å²) in [6.07, 6.45) is -12.6. The third kappa shape index (κ3) is 17.5. The van der Waals surface area contributed by atoms with Gasteiger partial charge in [0.05, 0.1) is 43.8 Å². The number of alkyl halides is 9. The fraction of sp³-hybridized carbons (Fsp3) is 0.226. The van der Waals surface area contributed by atoms with Gasteiger partial charge in [-0.3, -0.25) is 19.4 Å². The molecule has 0 aliphatic carbocycles. The molecule has 4 aliphatic rings. The van der Waals surface area contributed by atoms with E-state index in [2.05, 4.69) is 63.8 Å². The number of nitrogens with zero attached hydrogens (tertiary/aromatic N) is 15. The van der Waals surface area contributed by atoms with Crippen LogP contribution in [-0.4, -0.2) is 49.6 Å². The molecule has 298 valence electrons. The van der Waals surface area contributed by atoms with E-state index >= 15 is 0 Å². The molecular weight excluding hydrogens is 861 g/mol. The number of hydrogen-bond acceptors (Lipinski definition) is 7. The number of sulfonamides is 1. The predicted molar refractivity (Wildman–Crippen MR) is 180 cm³/mol. The Morgan fingerprint density at radius 1 is 0.667 bits per heavy atom. The molecule has 0 saturated carbocycles. The van der Waals surface area contributed by atoms with Crippen LogP contribution in [0.3, 0.4) is 0 Å². The zero-order chi connectivity index (χ0) is 45.5. The van der Waals surface area contributed by atoms with Gasteiger partial charge < -0.3 is 44.9 Å². The van der Waals surface area contributed by atoms with E-state index in [9.17, 15) is 53.0 Å². The molecule has 0 spiro atoms. The molecule has 32 heteroatoms. The van der Waals surface area contributed by atoms with Crippen molar-refractivity contribution in [3.63, 3.8) is 0 Å². The van der Waals surface area contributed by atoms with Crippen LogP contribution in [0.25, 0.3) is 54.2 Å². The molecule has 0 aromatic carbocycles. The Morgan fingerprint density at radius 3 is 1.41 bits per heavy atom. The van der Waals surface area contributed by atoms with Crippen molar-refractivity contribution >= 4 is 33.3 Å². The van der Waals surface area contributed by atoms with E-state index in [-0.39, 0.29) is 128 Å². The minimum atomic E-state index is -5.68. The maximum Gasteiger partial charge on any atom is 1.00 e. The number of nitriles is 1. The summed E-state index contributed by atoms with van der Waals surface area (Å²) in [6, 6.07) is 1.68. The number of aliphatic imine (C=N–C) groups is 3. The maximum absolute atomic E-state index is 12.3. The zero-order valence-corrected chi connectivity index (χ0v) is 32.9. The Morgan fingerprint density at radius 2 is 1.10 bits per heavy atom. The number of amidine groups is 1. The fourth-order valence-corrected chi connectivity index (χ4v) is 4.22. The zero-order valence-electron chi connectivity index (χ0n) is 32.1. The topological polar surface area (TPSA) is 203 Å². The molecule has 0 bridgehead atoms. The average molecular weight is 869 g/mol. The van der Waals surface area contributed by atoms with Crippen LogP contribution in [0, 0.1) is 63.9 Å². The van der Waals surface area contributed by atoms with Crippen molar-refractivity contribution < 1.29 is 128 Å². The molecule has 0 aromatic rings. The molecular formula is C31H8F9Li4N15O3S. The summed E-state index contributed by atoms with van der Waals surface area (Å²) >= 11 is 0. The molecule has 0 amide bonds. The molecule has 4 rings (SSSR count). The quantitative estimate of drug-likeness (QED) is 0.0893. The molecule has 63 heavy (non-hydrogen) atoms. The first kappa shape index (κ1) is 63.3. The molecule has 0 radical (unpaired) electrons. The molecule has 0 unspecified atom stereocenters. The molecule has 0 atom stereocenters. The summed E-state index contributed by atoms with van der Waals surface area (Å²) in [5, 5.41) is 30.5. The molecule has 0 N–H and O–H groups in total. The Hall–Kier alpha value is -6.32. The van der Waals surface area contributed by atoms with Crippen molar-refractivity contribution in [3.05, 3.63) is 170 Å². The van der Waals surface area contributed by atoms with Gasteiger partial charge in [-0.25, -0.2) is 20.9 Å². The summed E-state index contributed by atoms with van der Waals surface area (Å²) in [6.45, 7) is 52.8. The Labute approximate surface area is 398 Å². The smallest absolute Gasteiger partial charge is 0.844 e. The van der Waals surface area contributed by atoms with E-state index in [4.69, 9.17) is 63.2 Å². The van der Waals surface area contributed by atoms with Gasteiger partial charge >= 0.3 is 93.3 Å². The van der Waals surface area contributed by atoms with Gasteiger partial charge in [0.2, 0.25) is 0 Å². The van der Waals surface area contributed by atoms with Gasteiger partial charge in [0.25, 0.3) is 21.7 Å². The van der Waals surface area contributed by atoms with Crippen molar-refractivity contribution in [2.45, 2.75) is 43.5 Å². The Kier molecular flexibility index (Phi) is 27.0. The van der Waals surface area contributed by atoms with E-state index in [0.717, 1.165) is 0 Å². The predicted octanol–water partition coefficient (Wildman–Crippen LogP) is -4.13. The molecule has 0 fully saturated rings. The van der Waals surface area contributed by atoms with Crippen LogP contribution in [0.1, 0.15) is 25.7 Å². The summed E-state index contributed by atoms with van der Waals surface area (Å²) in [5.41, 5.74) is -9.94. The van der Waals surface area contributed by atoms with Gasteiger partial charge in [-0.1, -0.05) is 25.6 Å². The first-order chi connectivity index (χ1) is 27.4. The van der Waals surface area contributed by atoms with E-state index in [1.165, 1.54) is 0 Å². The van der Waals surface area contributed by atoms with Crippen LogP contribution in [-0.2, 0) is 10.0 Å². The van der Waals surface area contributed by atoms with E-state index in [0.29, 0.717) is 0 Å². The fourth-order valence-electron chi connectivity index (χ4n) is 3.73. The third-order valence-electron chi connectivity index (χ3n) is 6.14. The first-order valence-electron chi connectivity index (χ1n) is 14.0. The van der Waals surface area contributed by atoms with Crippen molar-refractivity contribution in [3.8, 4) is 6.07 Å². The summed E-state index contributed by atoms with van der Waals surface area (Å²) in [5.74, 6) is -0.647. The van der Waals surface area contributed by atoms with Gasteiger partial charge in [-0.05, 0) is 6.42 Å². The molecule has 18 nitrogen and oxygen atoms in total. The van der Waals surface area contributed by atoms with Crippen LogP contribution in [0.4, 0.5) is 39.5 Å². The van der Waals surface area contributed by atoms with Gasteiger partial charge in [0.15, 0.2) is 17.0 Å². The maximum atomic E-state index is 12.3. The Bertz CT molecular complexity index is 2620. The monoisotopic (exact) mass is 869 g/mol. The standard InChI is InChI=1S/C9H2F6N3.C9H2N5.C7H2F3N4O2S.C6H3N3O.4Li/c1-16-5-3-4(18-7(5)17-2)6(8(10,11)12)9(13,14)15;1-12-8-3-7(6(4-10)5-11)14-9(8)13-2;1-11-4-3-5(13-6(4)12-2)14-17(15,16)7(8,9)10;1-7-4-3-5(10)9-6(4)8-2;;;;/h3H2;3H2;3H2;3H2,(H,9,10);;;;/q3*-1;;4*+1/p-1. The van der Waals surface area contributed by atoms with Crippen molar-refractivity contribution in [2.75, 3.05) is 0 Å². The van der Waals surface area contributed by atoms with Crippen LogP contribution in [0.2, 0.25) is 0 Å². The molecule has 4 heterocycles. The number of hydrogen-bond donors (Lipinski definition) is 0. The van der Waals surface area contributed by atoms with Crippen LogP contribution < -0.4 is 80.5 Å². The average Bonchev–Trinajstić information content (AvgIpc) is 3.95. The van der Waals surface area contributed by atoms with Crippen LogP contribution >= 0.6 is 0 Å². The summed E-state index contributed by atoms with van der Waals surface area (Å²) in [4.78, 5) is 33.3. The van der Waals surface area contributed by atoms with E-state index < -0.39 is 81.1 Å². The van der Waals surface area contributed by atoms with Gasteiger partial charge in [0.1, 0.15) is 28.7 Å². The SMILES string of the molecule is [C-]#[N+]C1=C([N+]#[C-])N=C(C(=C=[N-])C#N)C1.[C-]#[N+]C1=C([N+]#[C-])N=C([N-]S(=O)(=O)C(F)(F)F)C1.[C-]#[N+]C1=C([N+]#[C-])N=C([O-])C1.[C-]#[N+]C1=C([N+]#[C-])[N-]C(=C(C(F)(F)F)C(F)(F)F)C1.[Li+].[Li+].[Li+].[Li+]. The number of allylic oxidation sites excluding steroid dienone is 3. The number of rotatable bonds is 2. The second kappa shape index (κ2) is 26.9. The first-order valence-corrected chi connectivity index (χ1v) is 15.4. The van der Waals surface area contributed by atoms with Crippen LogP contribution in [0.15, 0.2) is 77.9 Å². The molecule has 0 aromatic heterocycles. The van der Waals surface area contributed by atoms with Crippen molar-refractivity contribution in [1.29, 1.82) is 5.26 Å². The van der Waals surface area contributed by atoms with E-state index in [1.807, 2.05) is 0 Å². The van der Waals surface area contributed by atoms with Crippen LogP contribution in [0.5, 0.6) is 0 Å². The number of halogens is 9. The Balaban J connectivity index is -0.000000367. The molecule has 0 saturated heterocycles. The van der Waals surface area contributed by atoms with E-state index in [1.54, 1.807) is 11.9 Å².